The SMILES string of the molecule is COC(=O)OC1CC[C@]2(C)C(C=C[C@@H]3[C@H]4CCC[C@]4(C(C)CCCC(C)C)[C@@H](C)C[C@H]32)C1. The van der Waals surface area contributed by atoms with Crippen LogP contribution in [-0.4, -0.2) is 19.4 Å². The van der Waals surface area contributed by atoms with E-state index in [1.165, 1.54) is 58.5 Å². The number of carbonyl (C=O) groups is 1. The fourth-order valence-corrected chi connectivity index (χ4v) is 9.10. The molecule has 3 fully saturated rings. The smallest absolute Gasteiger partial charge is 0.438 e. The summed E-state index contributed by atoms with van der Waals surface area (Å²) in [5, 5.41) is 0. The van der Waals surface area contributed by atoms with Gasteiger partial charge in [0.05, 0.1) is 7.11 Å². The quantitative estimate of drug-likeness (QED) is 0.307. The summed E-state index contributed by atoms with van der Waals surface area (Å²) < 4.78 is 10.3. The molecular weight excluding hydrogens is 396 g/mol. The van der Waals surface area contributed by atoms with Crippen LogP contribution >= 0.6 is 0 Å². The summed E-state index contributed by atoms with van der Waals surface area (Å²) in [7, 11) is 1.40. The molecule has 0 spiro atoms. The molecule has 0 N–H and O–H groups in total. The highest BCUT2D eigenvalue weighted by atomic mass is 16.7. The highest BCUT2D eigenvalue weighted by Crippen LogP contribution is 2.68. The third-order valence-corrected chi connectivity index (χ3v) is 10.8. The Hall–Kier alpha value is -0.990. The molecule has 0 aromatic carbocycles. The van der Waals surface area contributed by atoms with Crippen molar-refractivity contribution in [2.24, 2.45) is 52.3 Å². The standard InChI is InChI=1S/C29H48O3/c1-19(2)9-7-10-20(3)29-15-8-11-25(29)24-13-12-22-18-23(32-27(30)31-6)14-16-28(22,5)26(24)17-21(29)4/h12-13,19-26H,7-11,14-18H2,1-6H3/t20?,21-,22?,23?,24+,25+,26+,28+,29-/m0/s1. The van der Waals surface area contributed by atoms with Gasteiger partial charge in [0.15, 0.2) is 0 Å². The fraction of sp³-hybridized carbons (Fsp3) is 0.897. The lowest BCUT2D eigenvalue weighted by Gasteiger charge is -2.62. The second-order valence-corrected chi connectivity index (χ2v) is 12.6. The van der Waals surface area contributed by atoms with Crippen molar-refractivity contribution in [3.63, 3.8) is 0 Å². The van der Waals surface area contributed by atoms with Crippen LogP contribution in [0.2, 0.25) is 0 Å². The Morgan fingerprint density at radius 1 is 1.06 bits per heavy atom. The van der Waals surface area contributed by atoms with Crippen LogP contribution in [0.1, 0.15) is 98.8 Å². The maximum Gasteiger partial charge on any atom is 0.508 e. The van der Waals surface area contributed by atoms with E-state index in [0.717, 1.165) is 48.3 Å². The number of fused-ring (bicyclic) bond motifs is 5. The topological polar surface area (TPSA) is 35.5 Å². The number of allylic oxidation sites excluding steroid dienone is 2. The zero-order valence-corrected chi connectivity index (χ0v) is 21.6. The van der Waals surface area contributed by atoms with E-state index in [4.69, 9.17) is 9.47 Å². The van der Waals surface area contributed by atoms with E-state index >= 15 is 0 Å². The number of methoxy groups -OCH3 is 1. The predicted molar refractivity (Wildman–Crippen MR) is 130 cm³/mol. The van der Waals surface area contributed by atoms with Gasteiger partial charge in [0.2, 0.25) is 0 Å². The number of rotatable bonds is 6. The Morgan fingerprint density at radius 2 is 1.84 bits per heavy atom. The minimum Gasteiger partial charge on any atom is -0.438 e. The Balaban J connectivity index is 1.53. The number of ether oxygens (including phenoxy) is 2. The van der Waals surface area contributed by atoms with Crippen molar-refractivity contribution < 1.29 is 14.3 Å². The molecule has 182 valence electrons. The molecule has 0 radical (unpaired) electrons. The zero-order valence-electron chi connectivity index (χ0n) is 21.6. The van der Waals surface area contributed by atoms with E-state index < -0.39 is 6.16 Å². The van der Waals surface area contributed by atoms with Crippen molar-refractivity contribution in [2.75, 3.05) is 7.11 Å². The van der Waals surface area contributed by atoms with Crippen LogP contribution in [0.4, 0.5) is 4.79 Å². The van der Waals surface area contributed by atoms with Crippen LogP contribution in [-0.2, 0) is 9.47 Å². The number of hydrogen-bond acceptors (Lipinski definition) is 3. The Morgan fingerprint density at radius 3 is 2.56 bits per heavy atom. The molecule has 4 rings (SSSR count). The molecule has 3 nitrogen and oxygen atoms in total. The van der Waals surface area contributed by atoms with Crippen LogP contribution in [0.25, 0.3) is 0 Å². The molecule has 0 aliphatic heterocycles. The first-order valence-electron chi connectivity index (χ1n) is 13.6. The maximum absolute atomic E-state index is 11.7. The van der Waals surface area contributed by atoms with Gasteiger partial charge in [0, 0.05) is 0 Å². The van der Waals surface area contributed by atoms with E-state index in [1.54, 1.807) is 0 Å². The summed E-state index contributed by atoms with van der Waals surface area (Å²) in [5.41, 5.74) is 0.899. The van der Waals surface area contributed by atoms with E-state index in [-0.39, 0.29) is 6.10 Å². The third-order valence-electron chi connectivity index (χ3n) is 10.8. The highest BCUT2D eigenvalue weighted by molar-refractivity contribution is 5.59. The molecule has 4 aliphatic carbocycles. The van der Waals surface area contributed by atoms with Crippen molar-refractivity contribution in [1.82, 2.24) is 0 Å². The average molecular weight is 445 g/mol. The molecular formula is C29H48O3. The minimum absolute atomic E-state index is 0.00860. The van der Waals surface area contributed by atoms with Crippen LogP contribution in [0.5, 0.6) is 0 Å². The highest BCUT2D eigenvalue weighted by Gasteiger charge is 2.61. The molecule has 0 aromatic heterocycles. The van der Waals surface area contributed by atoms with Gasteiger partial charge in [0.1, 0.15) is 6.10 Å². The van der Waals surface area contributed by atoms with E-state index in [9.17, 15) is 4.79 Å². The summed E-state index contributed by atoms with van der Waals surface area (Å²) in [4.78, 5) is 11.7. The van der Waals surface area contributed by atoms with Gasteiger partial charge in [-0.2, -0.15) is 0 Å². The van der Waals surface area contributed by atoms with Crippen molar-refractivity contribution in [3.8, 4) is 0 Å². The second kappa shape index (κ2) is 9.34. The minimum atomic E-state index is -0.523. The first kappa shape index (κ1) is 24.1. The predicted octanol–water partition coefficient (Wildman–Crippen LogP) is 8.04. The maximum atomic E-state index is 11.7. The molecule has 3 heteroatoms. The summed E-state index contributed by atoms with van der Waals surface area (Å²) in [6.45, 7) is 12.5. The normalized spacial score (nSPS) is 43.8. The van der Waals surface area contributed by atoms with Crippen molar-refractivity contribution in [1.29, 1.82) is 0 Å². The molecule has 0 saturated heterocycles. The molecule has 0 heterocycles. The molecule has 0 aromatic rings. The van der Waals surface area contributed by atoms with Crippen molar-refractivity contribution in [2.45, 2.75) is 105 Å². The molecule has 4 aliphatic rings. The van der Waals surface area contributed by atoms with Crippen LogP contribution in [0.3, 0.4) is 0 Å². The van der Waals surface area contributed by atoms with Crippen LogP contribution in [0, 0.1) is 52.3 Å². The van der Waals surface area contributed by atoms with Crippen LogP contribution in [0.15, 0.2) is 12.2 Å². The summed E-state index contributed by atoms with van der Waals surface area (Å²) in [5.74, 6) is 5.40. The van der Waals surface area contributed by atoms with Gasteiger partial charge < -0.3 is 9.47 Å². The molecule has 0 bridgehead atoms. The van der Waals surface area contributed by atoms with Crippen molar-refractivity contribution in [3.05, 3.63) is 12.2 Å². The Labute approximate surface area is 197 Å². The Bertz CT molecular complexity index is 699. The molecule has 9 atom stereocenters. The van der Waals surface area contributed by atoms with E-state index in [2.05, 4.69) is 46.8 Å². The average Bonchev–Trinajstić information content (AvgIpc) is 3.21. The second-order valence-electron chi connectivity index (χ2n) is 12.6. The largest absolute Gasteiger partial charge is 0.508 e. The summed E-state index contributed by atoms with van der Waals surface area (Å²) in [6, 6.07) is 0. The number of hydrogen-bond donors (Lipinski definition) is 0. The van der Waals surface area contributed by atoms with Gasteiger partial charge in [-0.05, 0) is 90.8 Å². The summed E-state index contributed by atoms with van der Waals surface area (Å²) in [6.07, 6.45) is 17.6. The van der Waals surface area contributed by atoms with Gasteiger partial charge >= 0.3 is 6.16 Å². The van der Waals surface area contributed by atoms with Crippen molar-refractivity contribution >= 4 is 6.16 Å². The van der Waals surface area contributed by atoms with Gasteiger partial charge in [-0.15, -0.1) is 0 Å². The number of carbonyl (C=O) groups excluding carboxylic acids is 1. The first-order chi connectivity index (χ1) is 15.2. The van der Waals surface area contributed by atoms with Crippen LogP contribution < -0.4 is 0 Å². The molecule has 3 saturated carbocycles. The lowest BCUT2D eigenvalue weighted by atomic mass is 9.43. The van der Waals surface area contributed by atoms with Gasteiger partial charge in [-0.3, -0.25) is 0 Å². The fourth-order valence-electron chi connectivity index (χ4n) is 9.10. The van der Waals surface area contributed by atoms with Gasteiger partial charge in [-0.1, -0.05) is 72.5 Å². The van der Waals surface area contributed by atoms with E-state index in [0.29, 0.717) is 16.7 Å². The van der Waals surface area contributed by atoms with E-state index in [1.807, 2.05) is 0 Å². The third kappa shape index (κ3) is 4.05. The lowest BCUT2D eigenvalue weighted by Crippen LogP contribution is -2.56. The summed E-state index contributed by atoms with van der Waals surface area (Å²) >= 11 is 0. The molecule has 3 unspecified atom stereocenters. The molecule has 32 heavy (non-hydrogen) atoms. The molecule has 0 amide bonds. The Kier molecular flexibility index (Phi) is 7.04. The van der Waals surface area contributed by atoms with Gasteiger partial charge in [-0.25, -0.2) is 4.79 Å². The zero-order chi connectivity index (χ0) is 23.1. The first-order valence-corrected chi connectivity index (χ1v) is 13.6. The lowest BCUT2D eigenvalue weighted by molar-refractivity contribution is -0.117. The monoisotopic (exact) mass is 444 g/mol. The van der Waals surface area contributed by atoms with Gasteiger partial charge in [0.25, 0.3) is 0 Å².